The van der Waals surface area contributed by atoms with E-state index >= 15 is 0 Å². The lowest BCUT2D eigenvalue weighted by Gasteiger charge is -2.29. The first-order valence-corrected chi connectivity index (χ1v) is 12.8. The number of carboxylic acid groups (broad SMARTS) is 1. The number of fused-ring (bicyclic) bond motifs is 2. The Kier molecular flexibility index (Phi) is 6.63. The molecule has 1 fully saturated rings. The predicted octanol–water partition coefficient (Wildman–Crippen LogP) is 4.35. The number of benzene rings is 2. The van der Waals surface area contributed by atoms with E-state index in [-0.39, 0.29) is 18.2 Å². The average molecular weight is 501 g/mol. The van der Waals surface area contributed by atoms with E-state index in [0.717, 1.165) is 51.6 Å². The molecule has 0 atom stereocenters. The summed E-state index contributed by atoms with van der Waals surface area (Å²) in [4.78, 5) is 36.8. The molecule has 0 unspecified atom stereocenters. The molecule has 0 spiro atoms. The minimum Gasteiger partial charge on any atom is -0.550 e. The molecule has 7 nitrogen and oxygen atoms in total. The topological polar surface area (TPSA) is 113 Å². The Morgan fingerprint density at radius 3 is 2.30 bits per heavy atom. The highest BCUT2D eigenvalue weighted by Gasteiger charge is 2.24. The minimum atomic E-state index is -0.991. The van der Waals surface area contributed by atoms with Crippen LogP contribution in [0.1, 0.15) is 48.1 Å². The van der Waals surface area contributed by atoms with E-state index in [9.17, 15) is 19.5 Å². The Morgan fingerprint density at radius 1 is 0.946 bits per heavy atom. The lowest BCUT2D eigenvalue weighted by molar-refractivity contribution is -0.312. The van der Waals surface area contributed by atoms with Gasteiger partial charge in [-0.15, -0.1) is 0 Å². The van der Waals surface area contributed by atoms with Crippen molar-refractivity contribution in [3.8, 4) is 11.1 Å². The molecule has 1 saturated carbocycles. The molecule has 4 aromatic rings. The van der Waals surface area contributed by atoms with E-state index in [2.05, 4.69) is 5.32 Å². The third-order valence-electron chi connectivity index (χ3n) is 7.80. The quantitative estimate of drug-likeness (QED) is 0.394. The lowest BCUT2D eigenvalue weighted by atomic mass is 9.82. The fourth-order valence-electron chi connectivity index (χ4n) is 5.63. The molecule has 0 bridgehead atoms. The highest BCUT2D eigenvalue weighted by atomic mass is 16.4. The molecular formula is C30H30NO6-. The van der Waals surface area contributed by atoms with Gasteiger partial charge in [0.25, 0.3) is 0 Å². The number of aliphatic carboxylic acids is 1. The van der Waals surface area contributed by atoms with Gasteiger partial charge in [0.05, 0.1) is 12.0 Å². The van der Waals surface area contributed by atoms with Gasteiger partial charge in [0.1, 0.15) is 16.9 Å². The Bertz CT molecular complexity index is 1550. The standard InChI is InChI=1S/C30H31NO6/c1-16-22-13-24-26(20-7-5-4-6-8-20)18(3)36-28(24)17(2)27(22)37-30(35)23(16)14-25(32)31-15-19-9-11-21(12-10-19)29(33)34/h4-8,13,19,21H,9-12,14-15H2,1-3H3,(H,31,32)(H,33,34)/p-1. The second-order valence-corrected chi connectivity index (χ2v) is 10.2. The first kappa shape index (κ1) is 24.8. The van der Waals surface area contributed by atoms with Crippen LogP contribution < -0.4 is 16.0 Å². The van der Waals surface area contributed by atoms with Crippen molar-refractivity contribution in [2.45, 2.75) is 52.9 Å². The summed E-state index contributed by atoms with van der Waals surface area (Å²) >= 11 is 0. The number of nitrogens with one attached hydrogen (secondary N) is 1. The molecule has 0 saturated heterocycles. The number of aryl methyl sites for hydroxylation is 3. The van der Waals surface area contributed by atoms with Crippen molar-refractivity contribution in [1.82, 2.24) is 5.32 Å². The zero-order valence-electron chi connectivity index (χ0n) is 21.3. The lowest BCUT2D eigenvalue weighted by Crippen LogP contribution is -2.37. The summed E-state index contributed by atoms with van der Waals surface area (Å²) in [6.45, 7) is 6.12. The Balaban J connectivity index is 1.43. The molecule has 2 aromatic heterocycles. The second kappa shape index (κ2) is 9.88. The summed E-state index contributed by atoms with van der Waals surface area (Å²) in [5.74, 6) is -0.625. The number of carbonyl (C=O) groups is 2. The molecular weight excluding hydrogens is 470 g/mol. The molecule has 0 aliphatic heterocycles. The van der Waals surface area contributed by atoms with Gasteiger partial charge in [0.2, 0.25) is 5.91 Å². The van der Waals surface area contributed by atoms with Crippen LogP contribution in [0.15, 0.2) is 50.0 Å². The van der Waals surface area contributed by atoms with Crippen LogP contribution in [0, 0.1) is 32.6 Å². The van der Waals surface area contributed by atoms with Crippen molar-refractivity contribution in [3.05, 3.63) is 69.3 Å². The van der Waals surface area contributed by atoms with Gasteiger partial charge in [0, 0.05) is 34.4 Å². The summed E-state index contributed by atoms with van der Waals surface area (Å²) < 4.78 is 11.9. The molecule has 7 heteroatoms. The number of hydrogen-bond acceptors (Lipinski definition) is 6. The van der Waals surface area contributed by atoms with Gasteiger partial charge >= 0.3 is 5.63 Å². The summed E-state index contributed by atoms with van der Waals surface area (Å²) in [5.41, 5.74) is 4.48. The highest BCUT2D eigenvalue weighted by molar-refractivity contribution is 6.06. The van der Waals surface area contributed by atoms with E-state index in [1.165, 1.54) is 0 Å². The average Bonchev–Trinajstić information content (AvgIpc) is 3.23. The summed E-state index contributed by atoms with van der Waals surface area (Å²) in [6, 6.07) is 12.0. The van der Waals surface area contributed by atoms with Crippen molar-refractivity contribution in [2.75, 3.05) is 6.54 Å². The SMILES string of the molecule is Cc1oc2c(C)c3oc(=O)c(CC(=O)NCC4CCC(C(=O)[O-])CC4)c(C)c3cc2c1-c1ccccc1. The maximum atomic E-state index is 12.9. The van der Waals surface area contributed by atoms with Crippen LogP contribution in [-0.2, 0) is 16.0 Å². The highest BCUT2D eigenvalue weighted by Crippen LogP contribution is 2.39. The number of hydrogen-bond donors (Lipinski definition) is 1. The number of rotatable bonds is 6. The van der Waals surface area contributed by atoms with E-state index in [0.29, 0.717) is 36.1 Å². The van der Waals surface area contributed by atoms with Crippen LogP contribution in [0.4, 0.5) is 0 Å². The Hall–Kier alpha value is -3.87. The molecule has 0 radical (unpaired) electrons. The number of carbonyl (C=O) groups excluding carboxylic acids is 2. The summed E-state index contributed by atoms with van der Waals surface area (Å²) in [7, 11) is 0. The molecule has 2 heterocycles. The molecule has 37 heavy (non-hydrogen) atoms. The monoisotopic (exact) mass is 500 g/mol. The van der Waals surface area contributed by atoms with Crippen LogP contribution >= 0.6 is 0 Å². The van der Waals surface area contributed by atoms with Gasteiger partial charge in [-0.25, -0.2) is 4.79 Å². The largest absolute Gasteiger partial charge is 0.550 e. The van der Waals surface area contributed by atoms with E-state index in [1.54, 1.807) is 0 Å². The van der Waals surface area contributed by atoms with Gasteiger partial charge in [-0.2, -0.15) is 0 Å². The van der Waals surface area contributed by atoms with E-state index < -0.39 is 17.5 Å². The van der Waals surface area contributed by atoms with Crippen molar-refractivity contribution in [1.29, 1.82) is 0 Å². The van der Waals surface area contributed by atoms with Crippen LogP contribution in [0.25, 0.3) is 33.1 Å². The first-order chi connectivity index (χ1) is 17.7. The molecule has 1 N–H and O–H groups in total. The smallest absolute Gasteiger partial charge is 0.340 e. The molecule has 192 valence electrons. The zero-order chi connectivity index (χ0) is 26.3. The maximum Gasteiger partial charge on any atom is 0.340 e. The number of amides is 1. The van der Waals surface area contributed by atoms with Crippen molar-refractivity contribution < 1.29 is 23.5 Å². The van der Waals surface area contributed by atoms with Crippen LogP contribution in [0.2, 0.25) is 0 Å². The van der Waals surface area contributed by atoms with Gasteiger partial charge in [0.15, 0.2) is 0 Å². The molecule has 2 aromatic carbocycles. The summed E-state index contributed by atoms with van der Waals surface area (Å²) in [6.07, 6.45) is 2.54. The van der Waals surface area contributed by atoms with E-state index in [4.69, 9.17) is 8.83 Å². The number of furan rings is 1. The maximum absolute atomic E-state index is 12.9. The molecule has 1 aliphatic carbocycles. The van der Waals surface area contributed by atoms with Gasteiger partial charge in [-0.1, -0.05) is 30.3 Å². The van der Waals surface area contributed by atoms with Crippen molar-refractivity contribution in [3.63, 3.8) is 0 Å². The van der Waals surface area contributed by atoms with Crippen molar-refractivity contribution >= 4 is 33.8 Å². The van der Waals surface area contributed by atoms with Crippen LogP contribution in [-0.4, -0.2) is 18.4 Å². The Morgan fingerprint density at radius 2 is 1.62 bits per heavy atom. The first-order valence-electron chi connectivity index (χ1n) is 12.8. The fourth-order valence-corrected chi connectivity index (χ4v) is 5.63. The van der Waals surface area contributed by atoms with Gasteiger partial charge in [-0.05, 0) is 75.5 Å². The normalized spacial score (nSPS) is 17.8. The van der Waals surface area contributed by atoms with E-state index in [1.807, 2.05) is 57.2 Å². The fraction of sp³-hybridized carbons (Fsp3) is 0.367. The molecule has 1 aliphatic rings. The minimum absolute atomic E-state index is 0.0778. The predicted molar refractivity (Wildman–Crippen MR) is 139 cm³/mol. The van der Waals surface area contributed by atoms with Crippen molar-refractivity contribution in [2.24, 2.45) is 11.8 Å². The van der Waals surface area contributed by atoms with Crippen LogP contribution in [0.3, 0.4) is 0 Å². The van der Waals surface area contributed by atoms with Crippen LogP contribution in [0.5, 0.6) is 0 Å². The zero-order valence-corrected chi connectivity index (χ0v) is 21.3. The molecule has 1 amide bonds. The Labute approximate surface area is 214 Å². The summed E-state index contributed by atoms with van der Waals surface area (Å²) in [5, 5.41) is 15.7. The van der Waals surface area contributed by atoms with Gasteiger partial charge in [-0.3, -0.25) is 4.79 Å². The third-order valence-corrected chi connectivity index (χ3v) is 7.80. The molecule has 5 rings (SSSR count). The second-order valence-electron chi connectivity index (χ2n) is 10.2. The third kappa shape index (κ3) is 4.66. The van der Waals surface area contributed by atoms with Gasteiger partial charge < -0.3 is 24.1 Å². The number of carboxylic acids is 1.